The van der Waals surface area contributed by atoms with Gasteiger partial charge in [0.05, 0.1) is 4.92 Å². The molecule has 8 nitrogen and oxygen atoms in total. The fourth-order valence-electron chi connectivity index (χ4n) is 3.89. The van der Waals surface area contributed by atoms with Crippen molar-refractivity contribution in [2.45, 2.75) is 25.4 Å². The van der Waals surface area contributed by atoms with Gasteiger partial charge in [-0.1, -0.05) is 24.3 Å². The van der Waals surface area contributed by atoms with Crippen molar-refractivity contribution < 1.29 is 23.9 Å². The van der Waals surface area contributed by atoms with Gasteiger partial charge in [0.15, 0.2) is 6.54 Å². The number of Topliss-reactive ketones (excluding diaryl/α,β-unsaturated/α-hetero) is 1. The second-order valence-corrected chi connectivity index (χ2v) is 7.51. The number of hydrogen-bond donors (Lipinski definition) is 0. The van der Waals surface area contributed by atoms with Crippen molar-refractivity contribution in [3.8, 4) is 0 Å². The number of rotatable bonds is 5. The zero-order valence-electron chi connectivity index (χ0n) is 15.8. The highest BCUT2D eigenvalue weighted by Gasteiger charge is 2.45. The van der Waals surface area contributed by atoms with Crippen molar-refractivity contribution in [2.24, 2.45) is 0 Å². The minimum absolute atomic E-state index is 0.103. The van der Waals surface area contributed by atoms with Gasteiger partial charge in [-0.3, -0.25) is 24.5 Å². The molecule has 1 saturated carbocycles. The maximum Gasteiger partial charge on any atom is 0.269 e. The third-order valence-electron chi connectivity index (χ3n) is 5.53. The number of benzene rings is 2. The van der Waals surface area contributed by atoms with Crippen LogP contribution in [0.25, 0.3) is 0 Å². The maximum absolute atomic E-state index is 13.2. The molecule has 0 spiro atoms. The topological polar surface area (TPSA) is 103 Å². The van der Waals surface area contributed by atoms with Gasteiger partial charge in [-0.25, -0.2) is 9.13 Å². The average Bonchev–Trinajstić information content (AvgIpc) is 3.53. The summed E-state index contributed by atoms with van der Waals surface area (Å²) in [5.41, 5.74) is 1.47. The van der Waals surface area contributed by atoms with Crippen LogP contribution < -0.4 is 4.57 Å². The number of carbonyl (C=O) groups excluding carboxylic acids is 3. The normalized spacial score (nSPS) is 14.9. The van der Waals surface area contributed by atoms with Gasteiger partial charge in [-0.15, -0.1) is 0 Å². The van der Waals surface area contributed by atoms with E-state index in [2.05, 4.69) is 0 Å². The van der Waals surface area contributed by atoms with Gasteiger partial charge in [0.1, 0.15) is 6.04 Å². The molecule has 0 unspecified atom stereocenters. The van der Waals surface area contributed by atoms with E-state index in [9.17, 15) is 24.5 Å². The lowest BCUT2D eigenvalue weighted by Crippen LogP contribution is -2.43. The van der Waals surface area contributed by atoms with Crippen LogP contribution in [0.5, 0.6) is 0 Å². The summed E-state index contributed by atoms with van der Waals surface area (Å²) < 4.78 is 3.35. The highest BCUT2D eigenvalue weighted by molar-refractivity contribution is 6.26. The van der Waals surface area contributed by atoms with E-state index in [1.165, 1.54) is 28.8 Å². The van der Waals surface area contributed by atoms with Crippen LogP contribution in [0.4, 0.5) is 5.69 Å². The molecular formula is C22H16N3O5+. The second kappa shape index (κ2) is 6.55. The SMILES string of the molecule is O=C(C[n+]1cn(C2CC2)c2c1C(=O)c1ccccc1C2=O)c1ccc([N+](=O)[O-])cc1. The Hall–Kier alpha value is -3.94. The van der Waals surface area contributed by atoms with E-state index in [4.69, 9.17) is 0 Å². The predicted octanol–water partition coefficient (Wildman–Crippen LogP) is 2.68. The van der Waals surface area contributed by atoms with Crippen LogP contribution in [0.2, 0.25) is 0 Å². The Bertz CT molecular complexity index is 1250. The number of carbonyl (C=O) groups is 3. The van der Waals surface area contributed by atoms with Crippen molar-refractivity contribution in [1.82, 2.24) is 4.57 Å². The van der Waals surface area contributed by atoms with Gasteiger partial charge in [-0.05, 0) is 25.0 Å². The van der Waals surface area contributed by atoms with Gasteiger partial charge in [0.2, 0.25) is 35.1 Å². The first-order valence-corrected chi connectivity index (χ1v) is 9.56. The molecule has 0 aliphatic heterocycles. The summed E-state index contributed by atoms with van der Waals surface area (Å²) >= 11 is 0. The Labute approximate surface area is 170 Å². The van der Waals surface area contributed by atoms with Crippen molar-refractivity contribution in [3.05, 3.63) is 93.1 Å². The van der Waals surface area contributed by atoms with E-state index >= 15 is 0 Å². The molecule has 0 radical (unpaired) electrons. The zero-order valence-corrected chi connectivity index (χ0v) is 15.8. The number of imidazole rings is 1. The second-order valence-electron chi connectivity index (χ2n) is 7.51. The van der Waals surface area contributed by atoms with Crippen LogP contribution in [0, 0.1) is 10.1 Å². The van der Waals surface area contributed by atoms with E-state index in [-0.39, 0.29) is 41.3 Å². The molecule has 0 atom stereocenters. The number of aromatic nitrogens is 2. The number of ketones is 3. The van der Waals surface area contributed by atoms with E-state index in [0.29, 0.717) is 22.4 Å². The van der Waals surface area contributed by atoms with Crippen molar-refractivity contribution >= 4 is 23.0 Å². The molecule has 30 heavy (non-hydrogen) atoms. The molecule has 5 rings (SSSR count). The molecule has 148 valence electrons. The molecule has 1 aromatic heterocycles. The molecule has 0 amide bonds. The summed E-state index contributed by atoms with van der Waals surface area (Å²) in [6, 6.07) is 12.2. The smallest absolute Gasteiger partial charge is 0.269 e. The number of nitro benzene ring substituents is 1. The van der Waals surface area contributed by atoms with Gasteiger partial charge < -0.3 is 0 Å². The summed E-state index contributed by atoms with van der Waals surface area (Å²) in [5, 5.41) is 10.8. The van der Waals surface area contributed by atoms with Crippen LogP contribution in [-0.2, 0) is 6.54 Å². The first-order chi connectivity index (χ1) is 14.5. The van der Waals surface area contributed by atoms with Gasteiger partial charge in [0.25, 0.3) is 5.69 Å². The largest absolute Gasteiger partial charge is 0.290 e. The lowest BCUT2D eigenvalue weighted by molar-refractivity contribution is -0.684. The Morgan fingerprint density at radius 3 is 2.27 bits per heavy atom. The molecule has 2 aliphatic carbocycles. The number of fused-ring (bicyclic) bond motifs is 2. The predicted molar refractivity (Wildman–Crippen MR) is 104 cm³/mol. The van der Waals surface area contributed by atoms with Crippen LogP contribution in [-0.4, -0.2) is 26.8 Å². The molecule has 1 fully saturated rings. The van der Waals surface area contributed by atoms with Gasteiger partial charge in [-0.2, -0.15) is 0 Å². The Balaban J connectivity index is 1.55. The fourth-order valence-corrected chi connectivity index (χ4v) is 3.89. The van der Waals surface area contributed by atoms with Crippen LogP contribution in [0.15, 0.2) is 54.9 Å². The van der Waals surface area contributed by atoms with E-state index in [1.54, 1.807) is 30.6 Å². The molecule has 2 aliphatic rings. The molecular weight excluding hydrogens is 386 g/mol. The molecule has 3 aromatic rings. The number of nitrogens with zero attached hydrogens (tertiary/aromatic N) is 3. The molecule has 2 aromatic carbocycles. The minimum atomic E-state index is -0.531. The monoisotopic (exact) mass is 402 g/mol. The molecule has 0 saturated heterocycles. The van der Waals surface area contributed by atoms with E-state index in [1.807, 2.05) is 4.57 Å². The highest BCUT2D eigenvalue weighted by atomic mass is 16.6. The fraction of sp³-hybridized carbons (Fsp3) is 0.182. The Morgan fingerprint density at radius 1 is 1.03 bits per heavy atom. The lowest BCUT2D eigenvalue weighted by atomic mass is 9.90. The van der Waals surface area contributed by atoms with Crippen molar-refractivity contribution in [1.29, 1.82) is 0 Å². The van der Waals surface area contributed by atoms with Crippen LogP contribution in [0.3, 0.4) is 0 Å². The van der Waals surface area contributed by atoms with Gasteiger partial charge >= 0.3 is 0 Å². The zero-order chi connectivity index (χ0) is 21.0. The first kappa shape index (κ1) is 18.1. The molecule has 8 heteroatoms. The summed E-state index contributed by atoms with van der Waals surface area (Å²) in [6.45, 7) is -0.138. The van der Waals surface area contributed by atoms with Crippen LogP contribution in [0.1, 0.15) is 61.3 Å². The standard InChI is InChI=1S/C22H16N3O5/c26-18(13-5-7-15(8-6-13)25(29)30)11-23-12-24(14-9-10-14)20-19(23)21(27)16-3-1-2-4-17(16)22(20)28/h1-8,12,14H,9-11H2/q+1. The Kier molecular flexibility index (Phi) is 3.95. The number of non-ortho nitro benzene ring substituents is 1. The summed E-state index contributed by atoms with van der Waals surface area (Å²) in [6.07, 6.45) is 3.51. The summed E-state index contributed by atoms with van der Waals surface area (Å²) in [5.74, 6) is -0.797. The van der Waals surface area contributed by atoms with Crippen molar-refractivity contribution in [2.75, 3.05) is 0 Å². The quantitative estimate of drug-likeness (QED) is 0.221. The summed E-state index contributed by atoms with van der Waals surface area (Å²) in [7, 11) is 0. The number of nitro groups is 1. The molecule has 0 N–H and O–H groups in total. The third-order valence-corrected chi connectivity index (χ3v) is 5.53. The molecule has 1 heterocycles. The van der Waals surface area contributed by atoms with E-state index < -0.39 is 4.92 Å². The third kappa shape index (κ3) is 2.76. The van der Waals surface area contributed by atoms with E-state index in [0.717, 1.165) is 12.8 Å². The minimum Gasteiger partial charge on any atom is -0.290 e. The van der Waals surface area contributed by atoms with Crippen LogP contribution >= 0.6 is 0 Å². The highest BCUT2D eigenvalue weighted by Crippen LogP contribution is 2.38. The average molecular weight is 402 g/mol. The van der Waals surface area contributed by atoms with Crippen molar-refractivity contribution in [3.63, 3.8) is 0 Å². The maximum atomic E-state index is 13.2. The number of hydrogen-bond acceptors (Lipinski definition) is 5. The Morgan fingerprint density at radius 2 is 1.67 bits per heavy atom. The summed E-state index contributed by atoms with van der Waals surface area (Å²) in [4.78, 5) is 49.4. The lowest BCUT2D eigenvalue weighted by Gasteiger charge is -2.12. The molecule has 0 bridgehead atoms. The first-order valence-electron chi connectivity index (χ1n) is 9.56. The van der Waals surface area contributed by atoms with Gasteiger partial charge in [0, 0.05) is 28.8 Å².